The number of nitrogens with one attached hydrogen (secondary N) is 1. The van der Waals surface area contributed by atoms with Crippen LogP contribution < -0.4 is 10.7 Å². The van der Waals surface area contributed by atoms with E-state index in [2.05, 4.69) is 16.4 Å². The SMILES string of the molecule is Cc1cc(=O)c(C(=O)NC[C@@H]2COCCO2)c2n1-c1ccccc1S[C@H](c1ccccn1)C2. The van der Waals surface area contributed by atoms with Crippen molar-refractivity contribution in [3.05, 3.63) is 87.6 Å². The average Bonchev–Trinajstić information content (AvgIpc) is 3.01. The molecule has 0 radical (unpaired) electrons. The van der Waals surface area contributed by atoms with E-state index in [1.165, 1.54) is 0 Å². The van der Waals surface area contributed by atoms with Gasteiger partial charge in [-0.2, -0.15) is 0 Å². The van der Waals surface area contributed by atoms with Crippen molar-refractivity contribution in [3.63, 3.8) is 0 Å². The summed E-state index contributed by atoms with van der Waals surface area (Å²) in [6, 6.07) is 15.5. The smallest absolute Gasteiger partial charge is 0.257 e. The molecule has 7 nitrogen and oxygen atoms in total. The fourth-order valence-electron chi connectivity index (χ4n) is 4.36. The van der Waals surface area contributed by atoms with E-state index >= 15 is 0 Å². The third kappa shape index (κ3) is 4.46. The van der Waals surface area contributed by atoms with Crippen molar-refractivity contribution in [2.24, 2.45) is 0 Å². The zero-order valence-corrected chi connectivity index (χ0v) is 19.1. The van der Waals surface area contributed by atoms with E-state index in [-0.39, 0.29) is 28.3 Å². The molecule has 1 N–H and O–H groups in total. The summed E-state index contributed by atoms with van der Waals surface area (Å²) in [7, 11) is 0. The molecule has 2 atom stereocenters. The van der Waals surface area contributed by atoms with Crippen LogP contribution in [-0.4, -0.2) is 47.9 Å². The normalized spacial score (nSPS) is 19.8. The van der Waals surface area contributed by atoms with Gasteiger partial charge in [0.05, 0.1) is 42.6 Å². The monoisotopic (exact) mass is 463 g/mol. The van der Waals surface area contributed by atoms with Crippen molar-refractivity contribution in [2.75, 3.05) is 26.4 Å². The van der Waals surface area contributed by atoms with Gasteiger partial charge in [-0.1, -0.05) is 18.2 Å². The second-order valence-corrected chi connectivity index (χ2v) is 9.36. The summed E-state index contributed by atoms with van der Waals surface area (Å²) in [5, 5.41) is 2.86. The summed E-state index contributed by atoms with van der Waals surface area (Å²) >= 11 is 1.70. The highest BCUT2D eigenvalue weighted by Crippen LogP contribution is 2.43. The Bertz CT molecular complexity index is 1220. The molecule has 0 bridgehead atoms. The quantitative estimate of drug-likeness (QED) is 0.640. The second-order valence-electron chi connectivity index (χ2n) is 8.12. The lowest BCUT2D eigenvalue weighted by Crippen LogP contribution is -2.41. The zero-order valence-electron chi connectivity index (χ0n) is 18.3. The number of para-hydroxylation sites is 1. The minimum atomic E-state index is -0.387. The maximum atomic E-state index is 13.3. The Kier molecular flexibility index (Phi) is 6.30. The van der Waals surface area contributed by atoms with Gasteiger partial charge in [-0.15, -0.1) is 11.8 Å². The molecule has 0 aliphatic carbocycles. The molecule has 3 aromatic rings. The van der Waals surface area contributed by atoms with E-state index < -0.39 is 0 Å². The number of ether oxygens (including phenoxy) is 2. The Morgan fingerprint density at radius 1 is 1.21 bits per heavy atom. The Morgan fingerprint density at radius 2 is 2.06 bits per heavy atom. The van der Waals surface area contributed by atoms with Crippen LogP contribution in [0.4, 0.5) is 0 Å². The van der Waals surface area contributed by atoms with Crippen LogP contribution in [0.5, 0.6) is 0 Å². The molecule has 8 heteroatoms. The molecule has 5 rings (SSSR count). The fraction of sp³-hybridized carbons (Fsp3) is 0.320. The van der Waals surface area contributed by atoms with Gasteiger partial charge in [0.2, 0.25) is 0 Å². The lowest BCUT2D eigenvalue weighted by Gasteiger charge is -2.24. The Hall–Kier alpha value is -2.94. The molecule has 0 saturated carbocycles. The average molecular weight is 464 g/mol. The zero-order chi connectivity index (χ0) is 22.8. The maximum absolute atomic E-state index is 13.3. The molecular weight excluding hydrogens is 438 g/mol. The van der Waals surface area contributed by atoms with Gasteiger partial charge in [0, 0.05) is 41.5 Å². The highest BCUT2D eigenvalue weighted by Gasteiger charge is 2.30. The summed E-state index contributed by atoms with van der Waals surface area (Å²) in [5.41, 5.74) is 3.28. The fourth-order valence-corrected chi connectivity index (χ4v) is 5.60. The van der Waals surface area contributed by atoms with Crippen molar-refractivity contribution in [2.45, 2.75) is 29.6 Å². The van der Waals surface area contributed by atoms with Crippen LogP contribution in [0.25, 0.3) is 5.69 Å². The van der Waals surface area contributed by atoms with E-state index in [0.717, 1.165) is 22.0 Å². The van der Waals surface area contributed by atoms with Crippen LogP contribution in [0.15, 0.2) is 64.4 Å². The van der Waals surface area contributed by atoms with Crippen molar-refractivity contribution in [1.82, 2.24) is 14.9 Å². The molecule has 1 amide bonds. The number of hydrogen-bond donors (Lipinski definition) is 1. The van der Waals surface area contributed by atoms with Gasteiger partial charge in [-0.3, -0.25) is 14.6 Å². The number of hydrogen-bond acceptors (Lipinski definition) is 6. The number of carbonyl (C=O) groups excluding carboxylic acids is 1. The molecule has 170 valence electrons. The lowest BCUT2D eigenvalue weighted by atomic mass is 10.0. The van der Waals surface area contributed by atoms with Gasteiger partial charge >= 0.3 is 0 Å². The molecule has 33 heavy (non-hydrogen) atoms. The minimum absolute atomic E-state index is 0.0380. The standard InChI is InChI=1S/C25H25N3O4S/c1-16-12-21(29)24(25(30)27-14-17-15-31-10-11-32-17)20-13-23(18-6-4-5-9-26-18)33-22-8-3-2-7-19(22)28(16)20/h2-9,12,17,23H,10-11,13-15H2,1H3,(H,27,30)/t17-,23+/m1/s1. The predicted molar refractivity (Wildman–Crippen MR) is 126 cm³/mol. The summed E-state index contributed by atoms with van der Waals surface area (Å²) in [6.45, 7) is 3.69. The number of fused-ring (bicyclic) bond motifs is 3. The van der Waals surface area contributed by atoms with Gasteiger partial charge in [0.1, 0.15) is 5.56 Å². The minimum Gasteiger partial charge on any atom is -0.376 e. The van der Waals surface area contributed by atoms with E-state index in [1.54, 1.807) is 24.0 Å². The summed E-state index contributed by atoms with van der Waals surface area (Å²) in [5.74, 6) is -0.387. The number of amides is 1. The van der Waals surface area contributed by atoms with Gasteiger partial charge in [0.25, 0.3) is 5.91 Å². The largest absolute Gasteiger partial charge is 0.376 e. The first kappa shape index (κ1) is 21.9. The van der Waals surface area contributed by atoms with E-state index in [4.69, 9.17) is 9.47 Å². The Balaban J connectivity index is 1.59. The molecule has 2 aliphatic heterocycles. The number of benzene rings is 1. The summed E-state index contributed by atoms with van der Waals surface area (Å²) < 4.78 is 13.1. The Labute approximate surface area is 196 Å². The van der Waals surface area contributed by atoms with E-state index in [9.17, 15) is 9.59 Å². The van der Waals surface area contributed by atoms with Crippen LogP contribution in [-0.2, 0) is 15.9 Å². The van der Waals surface area contributed by atoms with Crippen LogP contribution >= 0.6 is 11.8 Å². The van der Waals surface area contributed by atoms with Crippen LogP contribution in [0.1, 0.15) is 32.7 Å². The van der Waals surface area contributed by atoms with E-state index in [0.29, 0.717) is 38.5 Å². The lowest BCUT2D eigenvalue weighted by molar-refractivity contribution is -0.0855. The number of nitrogens with zero attached hydrogens (tertiary/aromatic N) is 2. The van der Waals surface area contributed by atoms with Crippen LogP contribution in [0, 0.1) is 6.92 Å². The molecule has 2 aliphatic rings. The van der Waals surface area contributed by atoms with Crippen molar-refractivity contribution in [3.8, 4) is 5.69 Å². The molecular formula is C25H25N3O4S. The van der Waals surface area contributed by atoms with Gasteiger partial charge < -0.3 is 19.4 Å². The van der Waals surface area contributed by atoms with Gasteiger partial charge in [-0.05, 0) is 31.2 Å². The first-order chi connectivity index (χ1) is 16.1. The highest BCUT2D eigenvalue weighted by atomic mass is 32.2. The number of aromatic nitrogens is 2. The van der Waals surface area contributed by atoms with Crippen LogP contribution in [0.2, 0.25) is 0 Å². The first-order valence-corrected chi connectivity index (χ1v) is 11.9. The molecule has 0 spiro atoms. The summed E-state index contributed by atoms with van der Waals surface area (Å²) in [6.07, 6.45) is 2.06. The highest BCUT2D eigenvalue weighted by molar-refractivity contribution is 7.99. The third-order valence-electron chi connectivity index (χ3n) is 5.87. The topological polar surface area (TPSA) is 82.5 Å². The van der Waals surface area contributed by atoms with Crippen molar-refractivity contribution >= 4 is 17.7 Å². The second kappa shape index (κ2) is 9.51. The van der Waals surface area contributed by atoms with Crippen molar-refractivity contribution in [1.29, 1.82) is 0 Å². The third-order valence-corrected chi connectivity index (χ3v) is 7.16. The summed E-state index contributed by atoms with van der Waals surface area (Å²) in [4.78, 5) is 32.1. The number of carbonyl (C=O) groups is 1. The number of thioether (sulfide) groups is 1. The Morgan fingerprint density at radius 3 is 2.85 bits per heavy atom. The molecule has 1 saturated heterocycles. The molecule has 1 aromatic carbocycles. The number of rotatable bonds is 4. The van der Waals surface area contributed by atoms with Gasteiger partial charge in [-0.25, -0.2) is 0 Å². The van der Waals surface area contributed by atoms with Crippen LogP contribution in [0.3, 0.4) is 0 Å². The number of aryl methyl sites for hydroxylation is 1. The van der Waals surface area contributed by atoms with Crippen molar-refractivity contribution < 1.29 is 14.3 Å². The predicted octanol–water partition coefficient (Wildman–Crippen LogP) is 3.08. The maximum Gasteiger partial charge on any atom is 0.257 e. The number of pyridine rings is 2. The molecule has 1 fully saturated rings. The molecule has 4 heterocycles. The molecule has 0 unspecified atom stereocenters. The van der Waals surface area contributed by atoms with E-state index in [1.807, 2.05) is 47.9 Å². The first-order valence-electron chi connectivity index (χ1n) is 11.0. The molecule has 2 aromatic heterocycles. The van der Waals surface area contributed by atoms with Gasteiger partial charge in [0.15, 0.2) is 5.43 Å².